The monoisotopic (exact) mass is 288 g/mol. The third-order valence-electron chi connectivity index (χ3n) is 4.31. The van der Waals surface area contributed by atoms with Crippen molar-refractivity contribution in [3.63, 3.8) is 0 Å². The van der Waals surface area contributed by atoms with Crippen LogP contribution in [-0.2, 0) is 0 Å². The van der Waals surface area contributed by atoms with Gasteiger partial charge in [-0.1, -0.05) is 25.1 Å². The standard InChI is InChI=1S/C17H24N2S/c1-13-6-8-15(9-7-13)18-10-11-20-17-12-14-4-2-3-5-16(14)19-17/h2-5,12-13,15,18-19H,6-11H2,1H3. The number of thioether (sulfide) groups is 1. The number of hydrogen-bond acceptors (Lipinski definition) is 2. The van der Waals surface area contributed by atoms with Crippen LogP contribution in [0.25, 0.3) is 10.9 Å². The summed E-state index contributed by atoms with van der Waals surface area (Å²) in [6, 6.07) is 11.5. The second-order valence-corrected chi connectivity index (χ2v) is 7.12. The van der Waals surface area contributed by atoms with Crippen molar-refractivity contribution in [2.75, 3.05) is 12.3 Å². The number of aromatic nitrogens is 1. The normalized spacial score (nSPS) is 23.2. The van der Waals surface area contributed by atoms with Gasteiger partial charge in [-0.15, -0.1) is 11.8 Å². The second-order valence-electron chi connectivity index (χ2n) is 5.98. The van der Waals surface area contributed by atoms with E-state index in [9.17, 15) is 0 Å². The maximum atomic E-state index is 3.71. The summed E-state index contributed by atoms with van der Waals surface area (Å²) in [7, 11) is 0. The molecular weight excluding hydrogens is 264 g/mol. The molecule has 0 radical (unpaired) electrons. The van der Waals surface area contributed by atoms with Gasteiger partial charge in [-0.05, 0) is 43.7 Å². The molecule has 0 spiro atoms. The summed E-state index contributed by atoms with van der Waals surface area (Å²) >= 11 is 1.92. The van der Waals surface area contributed by atoms with E-state index in [1.165, 1.54) is 41.6 Å². The molecule has 0 amide bonds. The van der Waals surface area contributed by atoms with Crippen molar-refractivity contribution in [3.8, 4) is 0 Å². The van der Waals surface area contributed by atoms with E-state index >= 15 is 0 Å². The highest BCUT2D eigenvalue weighted by Crippen LogP contribution is 2.24. The lowest BCUT2D eigenvalue weighted by Crippen LogP contribution is -2.34. The molecule has 3 rings (SSSR count). The van der Waals surface area contributed by atoms with Crippen molar-refractivity contribution in [2.24, 2.45) is 5.92 Å². The number of hydrogen-bond donors (Lipinski definition) is 2. The zero-order chi connectivity index (χ0) is 13.8. The van der Waals surface area contributed by atoms with Crippen molar-refractivity contribution in [3.05, 3.63) is 30.3 Å². The minimum absolute atomic E-state index is 0.759. The first-order valence-electron chi connectivity index (χ1n) is 7.75. The van der Waals surface area contributed by atoms with Crippen molar-refractivity contribution in [1.82, 2.24) is 10.3 Å². The number of benzene rings is 1. The van der Waals surface area contributed by atoms with E-state index in [-0.39, 0.29) is 0 Å². The smallest absolute Gasteiger partial charge is 0.0732 e. The minimum atomic E-state index is 0.759. The molecule has 1 aromatic carbocycles. The highest BCUT2D eigenvalue weighted by atomic mass is 32.2. The van der Waals surface area contributed by atoms with E-state index in [1.807, 2.05) is 11.8 Å². The molecule has 1 saturated carbocycles. The third kappa shape index (κ3) is 3.58. The summed E-state index contributed by atoms with van der Waals surface area (Å²) in [5.74, 6) is 2.08. The molecule has 1 heterocycles. The molecule has 20 heavy (non-hydrogen) atoms. The molecule has 0 unspecified atom stereocenters. The lowest BCUT2D eigenvalue weighted by Gasteiger charge is -2.26. The van der Waals surface area contributed by atoms with Crippen LogP contribution >= 0.6 is 11.8 Å². The van der Waals surface area contributed by atoms with Crippen LogP contribution < -0.4 is 5.32 Å². The van der Waals surface area contributed by atoms with Crippen molar-refractivity contribution >= 4 is 22.7 Å². The van der Waals surface area contributed by atoms with E-state index in [0.717, 1.165) is 24.3 Å². The molecule has 0 aliphatic heterocycles. The summed E-state index contributed by atoms with van der Waals surface area (Å²) in [6.45, 7) is 3.49. The molecular formula is C17H24N2S. The second kappa shape index (κ2) is 6.68. The fourth-order valence-corrected chi connectivity index (χ4v) is 3.85. The fourth-order valence-electron chi connectivity index (χ4n) is 3.01. The maximum absolute atomic E-state index is 3.71. The van der Waals surface area contributed by atoms with Gasteiger partial charge in [-0.25, -0.2) is 0 Å². The minimum Gasteiger partial charge on any atom is -0.350 e. The summed E-state index contributed by atoms with van der Waals surface area (Å²) in [5, 5.41) is 6.30. The molecule has 3 heteroatoms. The first kappa shape index (κ1) is 14.0. The molecule has 2 aromatic rings. The number of aromatic amines is 1. The largest absolute Gasteiger partial charge is 0.350 e. The molecule has 0 saturated heterocycles. The van der Waals surface area contributed by atoms with E-state index < -0.39 is 0 Å². The Morgan fingerprint density at radius 3 is 2.80 bits per heavy atom. The Balaban J connectivity index is 1.41. The molecule has 1 aromatic heterocycles. The Kier molecular flexibility index (Phi) is 4.69. The van der Waals surface area contributed by atoms with Gasteiger partial charge in [0.05, 0.1) is 5.03 Å². The van der Waals surface area contributed by atoms with E-state index in [4.69, 9.17) is 0 Å². The number of para-hydroxylation sites is 1. The average Bonchev–Trinajstić information content (AvgIpc) is 2.88. The van der Waals surface area contributed by atoms with Gasteiger partial charge in [0.2, 0.25) is 0 Å². The van der Waals surface area contributed by atoms with E-state index in [0.29, 0.717) is 0 Å². The van der Waals surface area contributed by atoms with Crippen molar-refractivity contribution in [2.45, 2.75) is 43.7 Å². The summed E-state index contributed by atoms with van der Waals surface area (Å²) < 4.78 is 0. The van der Waals surface area contributed by atoms with Crippen LogP contribution in [0.15, 0.2) is 35.4 Å². The van der Waals surface area contributed by atoms with Gasteiger partial charge in [0.15, 0.2) is 0 Å². The Labute approximate surface area is 125 Å². The highest BCUT2D eigenvalue weighted by Gasteiger charge is 2.17. The lowest BCUT2D eigenvalue weighted by molar-refractivity contribution is 0.312. The van der Waals surface area contributed by atoms with Crippen LogP contribution in [-0.4, -0.2) is 23.3 Å². The summed E-state index contributed by atoms with van der Waals surface area (Å²) in [4.78, 5) is 3.47. The first-order valence-corrected chi connectivity index (χ1v) is 8.74. The third-order valence-corrected chi connectivity index (χ3v) is 5.25. The molecule has 2 nitrogen and oxygen atoms in total. The Hall–Kier alpha value is -0.930. The number of nitrogens with one attached hydrogen (secondary N) is 2. The van der Waals surface area contributed by atoms with Gasteiger partial charge in [0, 0.05) is 29.2 Å². The van der Waals surface area contributed by atoms with E-state index in [1.54, 1.807) is 0 Å². The molecule has 0 bridgehead atoms. The quantitative estimate of drug-likeness (QED) is 0.629. The first-order chi connectivity index (χ1) is 9.81. The molecule has 108 valence electrons. The Morgan fingerprint density at radius 1 is 1.20 bits per heavy atom. The maximum Gasteiger partial charge on any atom is 0.0732 e. The van der Waals surface area contributed by atoms with Gasteiger partial charge in [0.1, 0.15) is 0 Å². The zero-order valence-corrected chi connectivity index (χ0v) is 13.0. The van der Waals surface area contributed by atoms with Crippen LogP contribution in [0.1, 0.15) is 32.6 Å². The van der Waals surface area contributed by atoms with Crippen LogP contribution in [0.4, 0.5) is 0 Å². The lowest BCUT2D eigenvalue weighted by atomic mass is 9.87. The predicted octanol–water partition coefficient (Wildman–Crippen LogP) is 4.43. The molecule has 0 atom stereocenters. The zero-order valence-electron chi connectivity index (χ0n) is 12.2. The van der Waals surface area contributed by atoms with Crippen LogP contribution in [0, 0.1) is 5.92 Å². The number of fused-ring (bicyclic) bond motifs is 1. The van der Waals surface area contributed by atoms with Gasteiger partial charge in [-0.3, -0.25) is 0 Å². The SMILES string of the molecule is CC1CCC(NCCSc2cc3ccccc3[nH]2)CC1. The van der Waals surface area contributed by atoms with Gasteiger partial charge in [-0.2, -0.15) is 0 Å². The molecule has 1 aliphatic carbocycles. The molecule has 1 fully saturated rings. The van der Waals surface area contributed by atoms with Crippen LogP contribution in [0.2, 0.25) is 0 Å². The fraction of sp³-hybridized carbons (Fsp3) is 0.529. The average molecular weight is 288 g/mol. The Morgan fingerprint density at radius 2 is 2.00 bits per heavy atom. The predicted molar refractivity (Wildman–Crippen MR) is 88.4 cm³/mol. The van der Waals surface area contributed by atoms with Gasteiger partial charge in [0.25, 0.3) is 0 Å². The topological polar surface area (TPSA) is 27.8 Å². The van der Waals surface area contributed by atoms with Crippen LogP contribution in [0.3, 0.4) is 0 Å². The molecule has 1 aliphatic rings. The summed E-state index contributed by atoms with van der Waals surface area (Å²) in [6.07, 6.45) is 5.51. The van der Waals surface area contributed by atoms with Crippen molar-refractivity contribution in [1.29, 1.82) is 0 Å². The highest BCUT2D eigenvalue weighted by molar-refractivity contribution is 7.99. The number of rotatable bonds is 5. The van der Waals surface area contributed by atoms with Crippen molar-refractivity contribution < 1.29 is 0 Å². The van der Waals surface area contributed by atoms with Gasteiger partial charge >= 0.3 is 0 Å². The van der Waals surface area contributed by atoms with E-state index in [2.05, 4.69) is 47.6 Å². The van der Waals surface area contributed by atoms with Crippen LogP contribution in [0.5, 0.6) is 0 Å². The Bertz CT molecular complexity index is 508. The number of H-pyrrole nitrogens is 1. The molecule has 2 N–H and O–H groups in total. The summed E-state index contributed by atoms with van der Waals surface area (Å²) in [5.41, 5.74) is 1.24. The van der Waals surface area contributed by atoms with Gasteiger partial charge < -0.3 is 10.3 Å².